The maximum Gasteiger partial charge on any atom is 0.238 e. The van der Waals surface area contributed by atoms with Crippen LogP contribution < -0.4 is 11.5 Å². The van der Waals surface area contributed by atoms with Gasteiger partial charge in [-0.2, -0.15) is 0 Å². The van der Waals surface area contributed by atoms with Crippen LogP contribution in [0.5, 0.6) is 0 Å². The Morgan fingerprint density at radius 3 is 1.93 bits per heavy atom. The fourth-order valence-corrected chi connectivity index (χ4v) is 5.36. The molecule has 0 radical (unpaired) electrons. The van der Waals surface area contributed by atoms with Gasteiger partial charge in [-0.25, -0.2) is 0 Å². The summed E-state index contributed by atoms with van der Waals surface area (Å²) < 4.78 is 0. The molecule has 5 nitrogen and oxygen atoms in total. The largest absolute Gasteiger partial charge is 0.370 e. The summed E-state index contributed by atoms with van der Waals surface area (Å²) >= 11 is 0. The molecule has 1 heterocycles. The number of likely N-dealkylation sites (tertiary alicyclic amines) is 1. The second-order valence-electron chi connectivity index (χ2n) is 11.0. The number of piperidine rings is 1. The molecule has 0 saturated carbocycles. The molecule has 0 aliphatic carbocycles. The van der Waals surface area contributed by atoms with Crippen molar-refractivity contribution in [2.75, 3.05) is 13.1 Å². The molecule has 4 N–H and O–H groups in total. The van der Waals surface area contributed by atoms with Crippen LogP contribution in [0.2, 0.25) is 0 Å². The van der Waals surface area contributed by atoms with Gasteiger partial charge in [0, 0.05) is 13.1 Å². The molecule has 1 rings (SSSR count). The third-order valence-corrected chi connectivity index (χ3v) is 6.32. The Balaban J connectivity index is 2.79. The van der Waals surface area contributed by atoms with E-state index < -0.39 is 17.4 Å². The molecule has 0 aromatic carbocycles. The van der Waals surface area contributed by atoms with E-state index in [0.717, 1.165) is 32.4 Å². The number of nitrogens with two attached hydrogens (primary N) is 2. The van der Waals surface area contributed by atoms with Gasteiger partial charge in [0.2, 0.25) is 11.8 Å². The lowest BCUT2D eigenvalue weighted by atomic mass is 9.69. The first-order valence-corrected chi connectivity index (χ1v) is 11.9. The van der Waals surface area contributed by atoms with Crippen molar-refractivity contribution in [3.63, 3.8) is 0 Å². The van der Waals surface area contributed by atoms with Crippen molar-refractivity contribution in [1.29, 1.82) is 0 Å². The number of carbonyl (C=O) groups is 2. The van der Waals surface area contributed by atoms with Gasteiger partial charge in [0.15, 0.2) is 0 Å². The van der Waals surface area contributed by atoms with Gasteiger partial charge in [-0.05, 0) is 36.5 Å². The van der Waals surface area contributed by atoms with Crippen molar-refractivity contribution in [3.8, 4) is 0 Å². The highest BCUT2D eigenvalue weighted by molar-refractivity contribution is 5.91. The number of unbranched alkanes of at least 4 members (excludes halogenated alkanes) is 7. The molecular weight excluding hydrogens is 374 g/mol. The highest BCUT2D eigenvalue weighted by Crippen LogP contribution is 2.43. The monoisotopic (exact) mass is 421 g/mol. The average Bonchev–Trinajstić information content (AvgIpc) is 2.59. The molecule has 1 aliphatic rings. The van der Waals surface area contributed by atoms with Gasteiger partial charge in [0.1, 0.15) is 5.54 Å². The van der Waals surface area contributed by atoms with Crippen molar-refractivity contribution in [2.24, 2.45) is 22.3 Å². The first-order valence-electron chi connectivity index (χ1n) is 11.9. The Labute approximate surface area is 185 Å². The van der Waals surface area contributed by atoms with Crippen molar-refractivity contribution >= 4 is 11.8 Å². The molecule has 1 fully saturated rings. The summed E-state index contributed by atoms with van der Waals surface area (Å²) in [5, 5.41) is 0. The van der Waals surface area contributed by atoms with Gasteiger partial charge in [-0.1, -0.05) is 85.3 Å². The van der Waals surface area contributed by atoms with Gasteiger partial charge >= 0.3 is 0 Å². The summed E-state index contributed by atoms with van der Waals surface area (Å²) in [7, 11) is 0. The lowest BCUT2D eigenvalue weighted by molar-refractivity contribution is -0.141. The first kappa shape index (κ1) is 26.7. The van der Waals surface area contributed by atoms with E-state index in [-0.39, 0.29) is 17.3 Å². The lowest BCUT2D eigenvalue weighted by Gasteiger charge is -2.53. The second kappa shape index (κ2) is 11.9. The number of primary amides is 2. The van der Waals surface area contributed by atoms with E-state index >= 15 is 0 Å². The van der Waals surface area contributed by atoms with Crippen LogP contribution in [0, 0.1) is 10.8 Å². The van der Waals surface area contributed by atoms with Gasteiger partial charge < -0.3 is 11.5 Å². The molecule has 174 valence electrons. The van der Waals surface area contributed by atoms with E-state index in [0.29, 0.717) is 6.42 Å². The summed E-state index contributed by atoms with van der Waals surface area (Å²) in [6, 6.07) is 0. The minimum atomic E-state index is -1.04. The molecule has 30 heavy (non-hydrogen) atoms. The molecule has 1 saturated heterocycles. The number of carbonyl (C=O) groups excluding carboxylic acids is 2. The van der Waals surface area contributed by atoms with Crippen LogP contribution in [0.25, 0.3) is 0 Å². The molecule has 2 amide bonds. The lowest BCUT2D eigenvalue weighted by Crippen LogP contribution is -2.64. The third-order valence-electron chi connectivity index (χ3n) is 6.32. The van der Waals surface area contributed by atoms with Crippen LogP contribution in [0.3, 0.4) is 0 Å². The van der Waals surface area contributed by atoms with Gasteiger partial charge in [-0.3, -0.25) is 14.5 Å². The Hall–Kier alpha value is -1.36. The fraction of sp³-hybridized carbons (Fsp3) is 0.840. The molecule has 1 aliphatic heterocycles. The summed E-state index contributed by atoms with van der Waals surface area (Å²) in [5.74, 6) is -0.925. The van der Waals surface area contributed by atoms with E-state index in [4.69, 9.17) is 11.5 Å². The van der Waals surface area contributed by atoms with Gasteiger partial charge in [-0.15, -0.1) is 0 Å². The standard InChI is InChI=1S/C25H47N3O2/c1-6-7-8-9-10-11-12-13-14-15-16-25(22(27)30,17-21(26)29)28-19-23(2,3)18-24(4,5)20-28/h14-15H,6-13,16-20H2,1-5H3,(H2,26,29)(H2,27,30). The minimum absolute atomic E-state index is 0.0315. The Kier molecular flexibility index (Phi) is 10.6. The average molecular weight is 422 g/mol. The number of nitrogens with zero attached hydrogens (tertiary/aromatic N) is 1. The summed E-state index contributed by atoms with van der Waals surface area (Å²) in [5.41, 5.74) is 10.5. The molecular formula is C25H47N3O2. The summed E-state index contributed by atoms with van der Waals surface area (Å²) in [6.07, 6.45) is 15.6. The van der Waals surface area contributed by atoms with Gasteiger partial charge in [0.05, 0.1) is 6.42 Å². The molecule has 0 aromatic heterocycles. The Morgan fingerprint density at radius 1 is 0.900 bits per heavy atom. The van der Waals surface area contributed by atoms with E-state index in [2.05, 4.69) is 45.6 Å². The Bertz CT molecular complexity index is 567. The molecule has 5 heteroatoms. The molecule has 0 bridgehead atoms. The minimum Gasteiger partial charge on any atom is -0.370 e. The van der Waals surface area contributed by atoms with Crippen molar-refractivity contribution in [1.82, 2.24) is 4.90 Å². The highest BCUT2D eigenvalue weighted by atomic mass is 16.2. The van der Waals surface area contributed by atoms with Crippen LogP contribution in [0.4, 0.5) is 0 Å². The van der Waals surface area contributed by atoms with Crippen LogP contribution in [0.15, 0.2) is 12.2 Å². The fourth-order valence-electron chi connectivity index (χ4n) is 5.36. The summed E-state index contributed by atoms with van der Waals surface area (Å²) in [4.78, 5) is 26.8. The number of amides is 2. The normalized spacial score (nSPS) is 20.8. The predicted octanol–water partition coefficient (Wildman–Crippen LogP) is 4.93. The number of hydrogen-bond acceptors (Lipinski definition) is 3. The maximum absolute atomic E-state index is 12.7. The van der Waals surface area contributed by atoms with Crippen LogP contribution >= 0.6 is 0 Å². The van der Waals surface area contributed by atoms with Crippen LogP contribution in [-0.2, 0) is 9.59 Å². The van der Waals surface area contributed by atoms with Gasteiger partial charge in [0.25, 0.3) is 0 Å². The second-order valence-corrected chi connectivity index (χ2v) is 11.0. The Morgan fingerprint density at radius 2 is 1.43 bits per heavy atom. The summed E-state index contributed by atoms with van der Waals surface area (Å²) in [6.45, 7) is 12.6. The van der Waals surface area contributed by atoms with E-state index in [1.54, 1.807) is 0 Å². The third kappa shape index (κ3) is 8.79. The SMILES string of the molecule is CCCCCCCCCC=CCC(CC(N)=O)(C(N)=O)N1CC(C)(C)CC(C)(C)C1. The van der Waals surface area contributed by atoms with Crippen molar-refractivity contribution in [2.45, 2.75) is 111 Å². The first-order chi connectivity index (χ1) is 13.9. The van der Waals surface area contributed by atoms with Crippen molar-refractivity contribution in [3.05, 3.63) is 12.2 Å². The smallest absolute Gasteiger partial charge is 0.238 e. The van der Waals surface area contributed by atoms with Crippen LogP contribution in [0.1, 0.15) is 105 Å². The number of allylic oxidation sites excluding steroid dienone is 1. The molecule has 1 atom stereocenters. The van der Waals surface area contributed by atoms with Crippen molar-refractivity contribution < 1.29 is 9.59 Å². The zero-order chi connectivity index (χ0) is 22.8. The molecule has 0 aromatic rings. The zero-order valence-corrected chi connectivity index (χ0v) is 20.3. The number of hydrogen-bond donors (Lipinski definition) is 2. The van der Waals surface area contributed by atoms with E-state index in [1.807, 2.05) is 6.08 Å². The number of rotatable bonds is 14. The van der Waals surface area contributed by atoms with E-state index in [1.165, 1.54) is 38.5 Å². The maximum atomic E-state index is 12.7. The van der Waals surface area contributed by atoms with E-state index in [9.17, 15) is 9.59 Å². The zero-order valence-electron chi connectivity index (χ0n) is 20.3. The predicted molar refractivity (Wildman–Crippen MR) is 126 cm³/mol. The quantitative estimate of drug-likeness (QED) is 0.308. The topological polar surface area (TPSA) is 89.4 Å². The molecule has 1 unspecified atom stereocenters. The highest BCUT2D eigenvalue weighted by Gasteiger charge is 2.49. The molecule has 0 spiro atoms. The van der Waals surface area contributed by atoms with Crippen LogP contribution in [-0.4, -0.2) is 35.3 Å².